The van der Waals surface area contributed by atoms with Crippen molar-refractivity contribution in [1.29, 1.82) is 0 Å². The largest absolute Gasteiger partial charge is 0.483 e. The van der Waals surface area contributed by atoms with Gasteiger partial charge in [0.25, 0.3) is 5.91 Å². The zero-order chi connectivity index (χ0) is 15.2. The van der Waals surface area contributed by atoms with Gasteiger partial charge in [-0.1, -0.05) is 0 Å². The lowest BCUT2D eigenvalue weighted by Gasteiger charge is -2.11. The summed E-state index contributed by atoms with van der Waals surface area (Å²) in [6.07, 6.45) is -4.39. The summed E-state index contributed by atoms with van der Waals surface area (Å²) in [4.78, 5) is 11.7. The van der Waals surface area contributed by atoms with E-state index >= 15 is 0 Å². The minimum absolute atomic E-state index is 0.0939. The number of hydrogen-bond acceptors (Lipinski definition) is 3. The first-order valence-corrected chi connectivity index (χ1v) is 6.67. The smallest absolute Gasteiger partial charge is 0.422 e. The number of amides is 1. The molecule has 0 unspecified atom stereocenters. The molecule has 1 aromatic carbocycles. The number of ether oxygens (including phenoxy) is 2. The third-order valence-corrected chi connectivity index (χ3v) is 3.02. The molecule has 0 fully saturated rings. The maximum Gasteiger partial charge on any atom is 0.422 e. The molecular formula is C12H13F3INO3. The summed E-state index contributed by atoms with van der Waals surface area (Å²) in [6.45, 7) is -0.615. The number of hydrogen-bond donors (Lipinski definition) is 1. The van der Waals surface area contributed by atoms with Crippen LogP contribution in [0.25, 0.3) is 0 Å². The lowest BCUT2D eigenvalue weighted by Crippen LogP contribution is -2.27. The van der Waals surface area contributed by atoms with Crippen LogP contribution >= 0.6 is 22.6 Å². The Hall–Kier alpha value is -1.03. The fourth-order valence-corrected chi connectivity index (χ4v) is 1.96. The zero-order valence-corrected chi connectivity index (χ0v) is 12.7. The first kappa shape index (κ1) is 17.0. The normalized spacial score (nSPS) is 11.2. The van der Waals surface area contributed by atoms with Gasteiger partial charge in [-0.15, -0.1) is 0 Å². The van der Waals surface area contributed by atoms with Crippen LogP contribution in [-0.2, 0) is 4.74 Å². The molecular weight excluding hydrogens is 390 g/mol. The van der Waals surface area contributed by atoms with E-state index in [2.05, 4.69) is 10.1 Å². The van der Waals surface area contributed by atoms with Crippen LogP contribution in [0.2, 0.25) is 0 Å². The number of nitrogens with one attached hydrogen (secondary N) is 1. The molecule has 0 aliphatic carbocycles. The van der Waals surface area contributed by atoms with E-state index in [4.69, 9.17) is 4.74 Å². The van der Waals surface area contributed by atoms with Gasteiger partial charge < -0.3 is 14.8 Å². The quantitative estimate of drug-likeness (QED) is 0.587. The number of carbonyl (C=O) groups excluding carboxylic acids is 1. The van der Waals surface area contributed by atoms with Crippen molar-refractivity contribution in [2.75, 3.05) is 26.9 Å². The van der Waals surface area contributed by atoms with Gasteiger partial charge in [0.1, 0.15) is 5.75 Å². The van der Waals surface area contributed by atoms with Crippen molar-refractivity contribution < 1.29 is 27.4 Å². The Morgan fingerprint density at radius 1 is 1.40 bits per heavy atom. The summed E-state index contributed by atoms with van der Waals surface area (Å²) >= 11 is 1.82. The monoisotopic (exact) mass is 403 g/mol. The first-order chi connectivity index (χ1) is 9.33. The Balaban J connectivity index is 2.65. The summed E-state index contributed by atoms with van der Waals surface area (Å²) in [5, 5.41) is 2.61. The third-order valence-electron chi connectivity index (χ3n) is 2.18. The van der Waals surface area contributed by atoms with Crippen molar-refractivity contribution in [3.05, 3.63) is 27.3 Å². The second-order valence-electron chi connectivity index (χ2n) is 3.80. The summed E-state index contributed by atoms with van der Waals surface area (Å²) in [5.74, 6) is -0.223. The first-order valence-electron chi connectivity index (χ1n) is 5.59. The molecule has 0 atom stereocenters. The molecule has 112 valence electrons. The Labute approximate surface area is 127 Å². The Morgan fingerprint density at radius 2 is 2.10 bits per heavy atom. The maximum atomic E-state index is 12.1. The fourth-order valence-electron chi connectivity index (χ4n) is 1.29. The highest BCUT2D eigenvalue weighted by Gasteiger charge is 2.28. The van der Waals surface area contributed by atoms with Crippen molar-refractivity contribution in [3.63, 3.8) is 0 Å². The van der Waals surface area contributed by atoms with E-state index in [0.717, 1.165) is 0 Å². The van der Waals surface area contributed by atoms with Gasteiger partial charge in [-0.2, -0.15) is 13.2 Å². The van der Waals surface area contributed by atoms with Crippen molar-refractivity contribution >= 4 is 28.5 Å². The Bertz CT molecular complexity index is 466. The van der Waals surface area contributed by atoms with Crippen LogP contribution < -0.4 is 10.1 Å². The van der Waals surface area contributed by atoms with Crippen LogP contribution in [0.3, 0.4) is 0 Å². The zero-order valence-electron chi connectivity index (χ0n) is 10.6. The molecule has 0 heterocycles. The van der Waals surface area contributed by atoms with Gasteiger partial charge in [0, 0.05) is 19.2 Å². The molecule has 0 aliphatic rings. The third kappa shape index (κ3) is 5.95. The van der Waals surface area contributed by atoms with E-state index in [0.29, 0.717) is 22.3 Å². The van der Waals surface area contributed by atoms with Gasteiger partial charge in [-0.05, 0) is 40.8 Å². The molecule has 0 radical (unpaired) electrons. The number of halogens is 4. The van der Waals surface area contributed by atoms with Gasteiger partial charge in [-0.3, -0.25) is 4.79 Å². The highest BCUT2D eigenvalue weighted by molar-refractivity contribution is 14.1. The number of benzene rings is 1. The summed E-state index contributed by atoms with van der Waals surface area (Å²) < 4.78 is 46.0. The van der Waals surface area contributed by atoms with Crippen molar-refractivity contribution in [2.24, 2.45) is 0 Å². The molecule has 4 nitrogen and oxygen atoms in total. The van der Waals surface area contributed by atoms with Crippen LogP contribution in [0.5, 0.6) is 5.75 Å². The molecule has 1 rings (SSSR count). The molecule has 8 heteroatoms. The van der Waals surface area contributed by atoms with Gasteiger partial charge in [-0.25, -0.2) is 0 Å². The van der Waals surface area contributed by atoms with Crippen LogP contribution in [-0.4, -0.2) is 39.0 Å². The minimum Gasteiger partial charge on any atom is -0.483 e. The van der Waals surface area contributed by atoms with Gasteiger partial charge >= 0.3 is 6.18 Å². The molecule has 1 aromatic rings. The highest BCUT2D eigenvalue weighted by Crippen LogP contribution is 2.24. The summed E-state index contributed by atoms with van der Waals surface area (Å²) in [7, 11) is 1.52. The van der Waals surface area contributed by atoms with E-state index < -0.39 is 12.8 Å². The van der Waals surface area contributed by atoms with E-state index in [9.17, 15) is 18.0 Å². The standard InChI is InChI=1S/C12H13F3INO3/c1-19-5-4-17-11(18)8-2-3-10(9(16)6-8)20-7-12(13,14)15/h2-3,6H,4-5,7H2,1H3,(H,17,18). The SMILES string of the molecule is COCCNC(=O)c1ccc(OCC(F)(F)F)c(I)c1. The molecule has 0 saturated heterocycles. The minimum atomic E-state index is -4.39. The van der Waals surface area contributed by atoms with Gasteiger partial charge in [0.2, 0.25) is 0 Å². The van der Waals surface area contributed by atoms with Crippen LogP contribution in [0.1, 0.15) is 10.4 Å². The van der Waals surface area contributed by atoms with Crippen molar-refractivity contribution in [2.45, 2.75) is 6.18 Å². The second kappa shape index (κ2) is 7.67. The molecule has 0 aliphatic heterocycles. The van der Waals surface area contributed by atoms with E-state index in [1.165, 1.54) is 25.3 Å². The number of alkyl halides is 3. The Kier molecular flexibility index (Phi) is 6.53. The molecule has 0 aromatic heterocycles. The predicted octanol–water partition coefficient (Wildman–Crippen LogP) is 2.61. The lowest BCUT2D eigenvalue weighted by atomic mass is 10.2. The van der Waals surface area contributed by atoms with Crippen molar-refractivity contribution in [1.82, 2.24) is 5.32 Å². The maximum absolute atomic E-state index is 12.1. The predicted molar refractivity (Wildman–Crippen MR) is 74.9 cm³/mol. The number of rotatable bonds is 6. The van der Waals surface area contributed by atoms with Crippen LogP contribution in [0.4, 0.5) is 13.2 Å². The molecule has 0 bridgehead atoms. The van der Waals surface area contributed by atoms with Crippen LogP contribution in [0.15, 0.2) is 18.2 Å². The number of carbonyl (C=O) groups is 1. The molecule has 0 saturated carbocycles. The second-order valence-corrected chi connectivity index (χ2v) is 4.96. The molecule has 0 spiro atoms. The molecule has 1 amide bonds. The van der Waals surface area contributed by atoms with Gasteiger partial charge in [0.15, 0.2) is 6.61 Å². The average Bonchev–Trinajstić information content (AvgIpc) is 2.36. The highest BCUT2D eigenvalue weighted by atomic mass is 127. The van der Waals surface area contributed by atoms with E-state index in [-0.39, 0.29) is 11.7 Å². The van der Waals surface area contributed by atoms with E-state index in [1.807, 2.05) is 22.6 Å². The fraction of sp³-hybridized carbons (Fsp3) is 0.417. The summed E-state index contributed by atoms with van der Waals surface area (Å²) in [6, 6.07) is 4.23. The Morgan fingerprint density at radius 3 is 2.65 bits per heavy atom. The summed E-state index contributed by atoms with van der Waals surface area (Å²) in [5.41, 5.74) is 0.352. The van der Waals surface area contributed by atoms with Crippen molar-refractivity contribution in [3.8, 4) is 5.75 Å². The number of methoxy groups -OCH3 is 1. The topological polar surface area (TPSA) is 47.6 Å². The van der Waals surface area contributed by atoms with Crippen LogP contribution in [0, 0.1) is 3.57 Å². The lowest BCUT2D eigenvalue weighted by molar-refractivity contribution is -0.153. The average molecular weight is 403 g/mol. The van der Waals surface area contributed by atoms with E-state index in [1.54, 1.807) is 0 Å². The molecule has 1 N–H and O–H groups in total. The molecule has 20 heavy (non-hydrogen) atoms. The van der Waals surface area contributed by atoms with Gasteiger partial charge in [0.05, 0.1) is 10.2 Å².